The van der Waals surface area contributed by atoms with Gasteiger partial charge in [0, 0.05) is 13.7 Å². The van der Waals surface area contributed by atoms with Crippen molar-refractivity contribution in [3.63, 3.8) is 0 Å². The second kappa shape index (κ2) is 4.52. The standard InChI is InChI=1S/C9H13F3N2O3/c1-8(5-17-2)6(15)14(7(16)13-8)4-3-9(10,11)12/h3-5H2,1-2H3,(H,13,16)/t8-/m1/s1. The molecule has 3 amide bonds. The van der Waals surface area contributed by atoms with Gasteiger partial charge in [0.15, 0.2) is 0 Å². The Morgan fingerprint density at radius 3 is 2.47 bits per heavy atom. The summed E-state index contributed by atoms with van der Waals surface area (Å²) in [5.74, 6) is -0.700. The van der Waals surface area contributed by atoms with E-state index in [0.29, 0.717) is 4.90 Å². The van der Waals surface area contributed by atoms with Crippen LogP contribution in [0.3, 0.4) is 0 Å². The second-order valence-corrected chi connectivity index (χ2v) is 4.02. The van der Waals surface area contributed by atoms with E-state index in [-0.39, 0.29) is 6.61 Å². The molecular weight excluding hydrogens is 241 g/mol. The Kier molecular flexibility index (Phi) is 3.65. The summed E-state index contributed by atoms with van der Waals surface area (Å²) in [7, 11) is 1.34. The number of imide groups is 1. The average Bonchev–Trinajstić information content (AvgIpc) is 2.35. The molecule has 5 nitrogen and oxygen atoms in total. The van der Waals surface area contributed by atoms with E-state index in [1.165, 1.54) is 14.0 Å². The first-order valence-corrected chi connectivity index (χ1v) is 4.89. The number of hydrogen-bond donors (Lipinski definition) is 1. The lowest BCUT2D eigenvalue weighted by Crippen LogP contribution is -2.48. The molecule has 1 heterocycles. The van der Waals surface area contributed by atoms with E-state index in [9.17, 15) is 22.8 Å². The van der Waals surface area contributed by atoms with E-state index in [4.69, 9.17) is 4.74 Å². The monoisotopic (exact) mass is 254 g/mol. The molecule has 0 radical (unpaired) electrons. The highest BCUT2D eigenvalue weighted by Gasteiger charge is 2.48. The number of amides is 3. The fourth-order valence-electron chi connectivity index (χ4n) is 1.58. The molecule has 1 aliphatic rings. The number of nitrogens with one attached hydrogen (secondary N) is 1. The molecule has 8 heteroatoms. The van der Waals surface area contributed by atoms with E-state index < -0.39 is 36.6 Å². The molecule has 1 saturated heterocycles. The molecule has 0 unspecified atom stereocenters. The minimum atomic E-state index is -4.40. The molecule has 1 rings (SSSR count). The van der Waals surface area contributed by atoms with Gasteiger partial charge in [0.05, 0.1) is 13.0 Å². The molecule has 0 bridgehead atoms. The minimum Gasteiger partial charge on any atom is -0.382 e. The first kappa shape index (κ1) is 13.8. The molecule has 17 heavy (non-hydrogen) atoms. The molecule has 1 N–H and O–H groups in total. The third-order valence-corrected chi connectivity index (χ3v) is 2.40. The molecule has 0 aromatic rings. The van der Waals surface area contributed by atoms with Crippen molar-refractivity contribution >= 4 is 11.9 Å². The Bertz CT molecular complexity index is 332. The Morgan fingerprint density at radius 2 is 2.00 bits per heavy atom. The fraction of sp³-hybridized carbons (Fsp3) is 0.778. The van der Waals surface area contributed by atoms with E-state index in [0.717, 1.165) is 0 Å². The molecule has 1 atom stereocenters. The van der Waals surface area contributed by atoms with Crippen LogP contribution in [0.2, 0.25) is 0 Å². The van der Waals surface area contributed by atoms with E-state index in [1.807, 2.05) is 0 Å². The van der Waals surface area contributed by atoms with Gasteiger partial charge in [-0.3, -0.25) is 9.69 Å². The lowest BCUT2D eigenvalue weighted by molar-refractivity contribution is -0.143. The van der Waals surface area contributed by atoms with Gasteiger partial charge in [-0.2, -0.15) is 13.2 Å². The van der Waals surface area contributed by atoms with Gasteiger partial charge in [-0.15, -0.1) is 0 Å². The molecule has 0 aromatic heterocycles. The van der Waals surface area contributed by atoms with Crippen molar-refractivity contribution in [2.24, 2.45) is 0 Å². The van der Waals surface area contributed by atoms with Gasteiger partial charge in [0.2, 0.25) is 0 Å². The maximum atomic E-state index is 12.0. The van der Waals surface area contributed by atoms with E-state index >= 15 is 0 Å². The lowest BCUT2D eigenvalue weighted by Gasteiger charge is -2.20. The predicted octanol–water partition coefficient (Wildman–Crippen LogP) is 0.896. The number of alkyl halides is 3. The van der Waals surface area contributed by atoms with Crippen LogP contribution in [0.4, 0.5) is 18.0 Å². The minimum absolute atomic E-state index is 0.0832. The van der Waals surface area contributed by atoms with Crippen molar-refractivity contribution in [1.82, 2.24) is 10.2 Å². The Morgan fingerprint density at radius 1 is 1.41 bits per heavy atom. The summed E-state index contributed by atoms with van der Waals surface area (Å²) in [6.45, 7) is 0.651. The number of carbonyl (C=O) groups is 2. The maximum Gasteiger partial charge on any atom is 0.390 e. The predicted molar refractivity (Wildman–Crippen MR) is 51.2 cm³/mol. The molecule has 1 aliphatic heterocycles. The molecule has 0 spiro atoms. The Labute approximate surface area is 95.9 Å². The average molecular weight is 254 g/mol. The number of urea groups is 1. The Balaban J connectivity index is 2.69. The van der Waals surface area contributed by atoms with E-state index in [2.05, 4.69) is 5.32 Å². The van der Waals surface area contributed by atoms with Crippen molar-refractivity contribution in [2.75, 3.05) is 20.3 Å². The van der Waals surface area contributed by atoms with Crippen LogP contribution in [0.15, 0.2) is 0 Å². The van der Waals surface area contributed by atoms with Crippen LogP contribution >= 0.6 is 0 Å². The third-order valence-electron chi connectivity index (χ3n) is 2.40. The van der Waals surface area contributed by atoms with Crippen LogP contribution in [0, 0.1) is 0 Å². The van der Waals surface area contributed by atoms with Crippen LogP contribution in [-0.4, -0.2) is 48.8 Å². The van der Waals surface area contributed by atoms with E-state index in [1.54, 1.807) is 0 Å². The molecule has 98 valence electrons. The van der Waals surface area contributed by atoms with Crippen LogP contribution in [-0.2, 0) is 9.53 Å². The molecule has 1 fully saturated rings. The zero-order valence-electron chi connectivity index (χ0n) is 9.43. The summed E-state index contributed by atoms with van der Waals surface area (Å²) in [6.07, 6.45) is -5.62. The SMILES string of the molecule is COC[C@@]1(C)NC(=O)N(CCC(F)(F)F)C1=O. The number of rotatable bonds is 4. The van der Waals surface area contributed by atoms with Crippen LogP contribution in [0.5, 0.6) is 0 Å². The smallest absolute Gasteiger partial charge is 0.382 e. The number of carbonyl (C=O) groups excluding carboxylic acids is 2. The number of nitrogens with zero attached hydrogens (tertiary/aromatic N) is 1. The van der Waals surface area contributed by atoms with Gasteiger partial charge in [-0.1, -0.05) is 0 Å². The number of ether oxygens (including phenoxy) is 1. The van der Waals surface area contributed by atoms with Gasteiger partial charge in [-0.25, -0.2) is 4.79 Å². The molecular formula is C9H13F3N2O3. The number of halogens is 3. The van der Waals surface area contributed by atoms with Gasteiger partial charge in [0.1, 0.15) is 5.54 Å². The molecule has 0 aromatic carbocycles. The third kappa shape index (κ3) is 3.09. The summed E-state index contributed by atoms with van der Waals surface area (Å²) < 4.78 is 40.8. The van der Waals surface area contributed by atoms with Crippen molar-refractivity contribution in [2.45, 2.75) is 25.1 Å². The largest absolute Gasteiger partial charge is 0.390 e. The highest BCUT2D eigenvalue weighted by Crippen LogP contribution is 2.23. The number of hydrogen-bond acceptors (Lipinski definition) is 3. The van der Waals surface area contributed by atoms with Crippen molar-refractivity contribution in [1.29, 1.82) is 0 Å². The summed E-state index contributed by atoms with van der Waals surface area (Å²) >= 11 is 0. The van der Waals surface area contributed by atoms with Gasteiger partial charge < -0.3 is 10.1 Å². The van der Waals surface area contributed by atoms with Crippen molar-refractivity contribution < 1.29 is 27.5 Å². The number of methoxy groups -OCH3 is 1. The summed E-state index contributed by atoms with van der Waals surface area (Å²) in [6, 6.07) is -0.821. The first-order chi connectivity index (χ1) is 7.69. The van der Waals surface area contributed by atoms with Crippen molar-refractivity contribution in [3.05, 3.63) is 0 Å². The lowest BCUT2D eigenvalue weighted by atomic mass is 10.0. The summed E-state index contributed by atoms with van der Waals surface area (Å²) in [5.41, 5.74) is -1.28. The molecule has 0 aliphatic carbocycles. The van der Waals surface area contributed by atoms with Crippen LogP contribution in [0.1, 0.15) is 13.3 Å². The van der Waals surface area contributed by atoms with Gasteiger partial charge >= 0.3 is 12.2 Å². The topological polar surface area (TPSA) is 58.6 Å². The Hall–Kier alpha value is -1.31. The summed E-state index contributed by atoms with van der Waals surface area (Å²) in [5, 5.41) is 2.31. The zero-order chi connectivity index (χ0) is 13.3. The maximum absolute atomic E-state index is 12.0. The van der Waals surface area contributed by atoms with Crippen LogP contribution < -0.4 is 5.32 Å². The first-order valence-electron chi connectivity index (χ1n) is 4.89. The van der Waals surface area contributed by atoms with Crippen molar-refractivity contribution in [3.8, 4) is 0 Å². The quantitative estimate of drug-likeness (QED) is 0.758. The fourth-order valence-corrected chi connectivity index (χ4v) is 1.58. The van der Waals surface area contributed by atoms with Crippen LogP contribution in [0.25, 0.3) is 0 Å². The highest BCUT2D eigenvalue weighted by atomic mass is 19.4. The normalized spacial score (nSPS) is 25.4. The second-order valence-electron chi connectivity index (χ2n) is 4.02. The summed E-state index contributed by atoms with van der Waals surface area (Å²) in [4.78, 5) is 23.7. The van der Waals surface area contributed by atoms with Gasteiger partial charge in [-0.05, 0) is 6.92 Å². The van der Waals surface area contributed by atoms with Gasteiger partial charge in [0.25, 0.3) is 5.91 Å². The highest BCUT2D eigenvalue weighted by molar-refractivity contribution is 6.06. The molecule has 0 saturated carbocycles. The zero-order valence-corrected chi connectivity index (χ0v) is 9.43.